The van der Waals surface area contributed by atoms with Crippen molar-refractivity contribution < 1.29 is 5.11 Å². The number of aryl methyl sites for hydroxylation is 1. The Labute approximate surface area is 89.7 Å². The number of phenolic OH excluding ortho intramolecular Hbond substituents is 1. The van der Waals surface area contributed by atoms with Gasteiger partial charge in [0.15, 0.2) is 0 Å². The van der Waals surface area contributed by atoms with E-state index in [9.17, 15) is 5.11 Å². The maximum Gasteiger partial charge on any atom is 0.127 e. The fraction of sp³-hybridized carbons (Fsp3) is 0.462. The third-order valence-electron chi connectivity index (χ3n) is 3.70. The topological polar surface area (TPSA) is 32.6 Å². The minimum Gasteiger partial charge on any atom is -0.507 e. The van der Waals surface area contributed by atoms with E-state index in [0.717, 1.165) is 11.1 Å². The monoisotopic (exact) mass is 201 g/mol. The summed E-state index contributed by atoms with van der Waals surface area (Å²) in [7, 11) is 0. The van der Waals surface area contributed by atoms with Crippen LogP contribution in [0.15, 0.2) is 23.2 Å². The SMILES string of the molecule is Cc1cccc(C=NC2CC23CC3)c1O. The molecule has 1 atom stereocenters. The lowest BCUT2D eigenvalue weighted by molar-refractivity contribution is 0.470. The maximum atomic E-state index is 9.79. The number of para-hydroxylation sites is 1. The van der Waals surface area contributed by atoms with E-state index in [0.29, 0.717) is 17.2 Å². The van der Waals surface area contributed by atoms with Crippen LogP contribution in [-0.4, -0.2) is 17.4 Å². The van der Waals surface area contributed by atoms with Gasteiger partial charge in [-0.25, -0.2) is 0 Å². The van der Waals surface area contributed by atoms with Crippen molar-refractivity contribution in [2.75, 3.05) is 0 Å². The molecule has 1 aromatic rings. The highest BCUT2D eigenvalue weighted by Gasteiger charge is 2.62. The summed E-state index contributed by atoms with van der Waals surface area (Å²) < 4.78 is 0. The van der Waals surface area contributed by atoms with Gasteiger partial charge >= 0.3 is 0 Å². The van der Waals surface area contributed by atoms with Crippen LogP contribution in [0, 0.1) is 12.3 Å². The smallest absolute Gasteiger partial charge is 0.127 e. The summed E-state index contributed by atoms with van der Waals surface area (Å²) in [6, 6.07) is 6.31. The second-order valence-corrected chi connectivity index (χ2v) is 4.87. The molecule has 0 radical (unpaired) electrons. The Balaban J connectivity index is 1.79. The van der Waals surface area contributed by atoms with Crippen LogP contribution in [0.4, 0.5) is 0 Å². The molecule has 0 saturated heterocycles. The Morgan fingerprint density at radius 1 is 1.47 bits per heavy atom. The van der Waals surface area contributed by atoms with E-state index in [1.807, 2.05) is 31.3 Å². The van der Waals surface area contributed by atoms with Gasteiger partial charge in [-0.1, -0.05) is 12.1 Å². The second kappa shape index (κ2) is 2.84. The van der Waals surface area contributed by atoms with Gasteiger partial charge in [-0.3, -0.25) is 4.99 Å². The zero-order valence-electron chi connectivity index (χ0n) is 8.90. The molecule has 0 aliphatic heterocycles. The van der Waals surface area contributed by atoms with Gasteiger partial charge in [-0.2, -0.15) is 0 Å². The summed E-state index contributed by atoms with van der Waals surface area (Å²) in [6.45, 7) is 1.91. The molecular formula is C13H15NO. The molecule has 0 heterocycles. The van der Waals surface area contributed by atoms with Gasteiger partial charge in [-0.15, -0.1) is 0 Å². The Bertz CT molecular complexity index is 432. The molecule has 1 aromatic carbocycles. The van der Waals surface area contributed by atoms with Gasteiger partial charge < -0.3 is 5.11 Å². The van der Waals surface area contributed by atoms with Gasteiger partial charge in [0.1, 0.15) is 5.75 Å². The Morgan fingerprint density at radius 2 is 2.27 bits per heavy atom. The van der Waals surface area contributed by atoms with Crippen LogP contribution in [0.25, 0.3) is 0 Å². The summed E-state index contributed by atoms with van der Waals surface area (Å²) in [5.41, 5.74) is 2.37. The highest BCUT2D eigenvalue weighted by molar-refractivity contribution is 5.84. The molecule has 1 N–H and O–H groups in total. The number of hydrogen-bond acceptors (Lipinski definition) is 2. The lowest BCUT2D eigenvalue weighted by atomic mass is 10.1. The average molecular weight is 201 g/mol. The number of rotatable bonds is 2. The Hall–Kier alpha value is -1.31. The number of aliphatic imine (C=N–C) groups is 1. The van der Waals surface area contributed by atoms with E-state index >= 15 is 0 Å². The molecule has 2 aliphatic carbocycles. The molecule has 1 unspecified atom stereocenters. The van der Waals surface area contributed by atoms with E-state index in [-0.39, 0.29) is 0 Å². The van der Waals surface area contributed by atoms with E-state index in [2.05, 4.69) is 4.99 Å². The number of hydrogen-bond donors (Lipinski definition) is 1. The van der Waals surface area contributed by atoms with E-state index in [1.54, 1.807) is 0 Å². The highest BCUT2D eigenvalue weighted by atomic mass is 16.3. The number of aromatic hydroxyl groups is 1. The first kappa shape index (κ1) is 8.96. The van der Waals surface area contributed by atoms with Crippen LogP contribution in [-0.2, 0) is 0 Å². The molecule has 2 nitrogen and oxygen atoms in total. The van der Waals surface area contributed by atoms with E-state index in [1.165, 1.54) is 19.3 Å². The fourth-order valence-electron chi connectivity index (χ4n) is 2.19. The van der Waals surface area contributed by atoms with Gasteiger partial charge in [0, 0.05) is 11.8 Å². The van der Waals surface area contributed by atoms with Crippen molar-refractivity contribution in [1.29, 1.82) is 0 Å². The van der Waals surface area contributed by atoms with Crippen molar-refractivity contribution >= 4 is 6.21 Å². The first-order valence-electron chi connectivity index (χ1n) is 5.53. The molecule has 1 spiro atoms. The fourth-order valence-corrected chi connectivity index (χ4v) is 2.19. The molecular weight excluding hydrogens is 186 g/mol. The lowest BCUT2D eigenvalue weighted by Gasteiger charge is -2.01. The predicted octanol–water partition coefficient (Wildman–Crippen LogP) is 2.67. The van der Waals surface area contributed by atoms with Crippen LogP contribution in [0.1, 0.15) is 30.4 Å². The number of nitrogens with zero attached hydrogens (tertiary/aromatic N) is 1. The van der Waals surface area contributed by atoms with Gasteiger partial charge in [0.2, 0.25) is 0 Å². The van der Waals surface area contributed by atoms with Crippen molar-refractivity contribution in [3.8, 4) is 5.75 Å². The number of phenols is 1. The third-order valence-corrected chi connectivity index (χ3v) is 3.70. The minimum atomic E-state index is 0.367. The maximum absolute atomic E-state index is 9.79. The van der Waals surface area contributed by atoms with Crippen LogP contribution in [0.3, 0.4) is 0 Å². The minimum absolute atomic E-state index is 0.367. The molecule has 2 fully saturated rings. The third kappa shape index (κ3) is 1.44. The van der Waals surface area contributed by atoms with E-state index in [4.69, 9.17) is 0 Å². The summed E-state index contributed by atoms with van der Waals surface area (Å²) in [5, 5.41) is 9.79. The zero-order chi connectivity index (χ0) is 10.5. The average Bonchev–Trinajstić information content (AvgIpc) is 3.12. The van der Waals surface area contributed by atoms with Crippen molar-refractivity contribution in [3.63, 3.8) is 0 Å². The zero-order valence-corrected chi connectivity index (χ0v) is 8.90. The molecule has 0 amide bonds. The molecule has 2 saturated carbocycles. The van der Waals surface area contributed by atoms with Crippen molar-refractivity contribution in [2.24, 2.45) is 10.4 Å². The van der Waals surface area contributed by atoms with Crippen LogP contribution in [0.5, 0.6) is 5.75 Å². The first-order chi connectivity index (χ1) is 7.21. The van der Waals surface area contributed by atoms with Crippen molar-refractivity contribution in [1.82, 2.24) is 0 Å². The Morgan fingerprint density at radius 3 is 2.93 bits per heavy atom. The molecule has 15 heavy (non-hydrogen) atoms. The van der Waals surface area contributed by atoms with Crippen molar-refractivity contribution in [2.45, 2.75) is 32.2 Å². The largest absolute Gasteiger partial charge is 0.507 e. The van der Waals surface area contributed by atoms with Crippen LogP contribution < -0.4 is 0 Å². The van der Waals surface area contributed by atoms with Gasteiger partial charge in [0.25, 0.3) is 0 Å². The van der Waals surface area contributed by atoms with Crippen LogP contribution >= 0.6 is 0 Å². The Kier molecular flexibility index (Phi) is 1.70. The van der Waals surface area contributed by atoms with Crippen molar-refractivity contribution in [3.05, 3.63) is 29.3 Å². The molecule has 0 bridgehead atoms. The molecule has 0 aromatic heterocycles. The summed E-state index contributed by atoms with van der Waals surface area (Å²) in [5.74, 6) is 0.367. The molecule has 3 rings (SSSR count). The second-order valence-electron chi connectivity index (χ2n) is 4.87. The standard InChI is InChI=1S/C13H15NO/c1-9-3-2-4-10(12(9)15)8-14-11-7-13(11)5-6-13/h2-4,8,11,15H,5-7H2,1H3. The first-order valence-corrected chi connectivity index (χ1v) is 5.53. The number of benzene rings is 1. The lowest BCUT2D eigenvalue weighted by Crippen LogP contribution is -1.88. The summed E-state index contributed by atoms with van der Waals surface area (Å²) in [4.78, 5) is 4.54. The summed E-state index contributed by atoms with van der Waals surface area (Å²) in [6.07, 6.45) is 5.81. The van der Waals surface area contributed by atoms with Crippen LogP contribution in [0.2, 0.25) is 0 Å². The van der Waals surface area contributed by atoms with Gasteiger partial charge in [0.05, 0.1) is 6.04 Å². The highest BCUT2D eigenvalue weighted by Crippen LogP contribution is 2.67. The normalized spacial score (nSPS) is 26.1. The summed E-state index contributed by atoms with van der Waals surface area (Å²) >= 11 is 0. The molecule has 2 aliphatic rings. The quantitative estimate of drug-likeness (QED) is 0.733. The predicted molar refractivity (Wildman–Crippen MR) is 60.5 cm³/mol. The molecule has 2 heteroatoms. The molecule has 78 valence electrons. The van der Waals surface area contributed by atoms with Gasteiger partial charge in [-0.05, 0) is 43.2 Å². The van der Waals surface area contributed by atoms with E-state index < -0.39 is 0 Å².